The van der Waals surface area contributed by atoms with Gasteiger partial charge in [0.1, 0.15) is 5.75 Å². The average molecular weight is 448 g/mol. The summed E-state index contributed by atoms with van der Waals surface area (Å²) >= 11 is 0. The molecule has 0 atom stereocenters. The molecule has 0 saturated carbocycles. The van der Waals surface area contributed by atoms with E-state index in [9.17, 15) is 23.1 Å². The van der Waals surface area contributed by atoms with Gasteiger partial charge in [0, 0.05) is 11.8 Å². The molecule has 0 aliphatic heterocycles. The Bertz CT molecular complexity index is 1020. The van der Waals surface area contributed by atoms with Crippen LogP contribution in [0.2, 0.25) is 0 Å². The van der Waals surface area contributed by atoms with E-state index in [1.54, 1.807) is 24.3 Å². The third-order valence-electron chi connectivity index (χ3n) is 4.76. The molecule has 7 nitrogen and oxygen atoms in total. The number of hydrogen-bond donors (Lipinski definition) is 2. The fourth-order valence-corrected chi connectivity index (χ4v) is 3.69. The van der Waals surface area contributed by atoms with Crippen molar-refractivity contribution in [1.82, 2.24) is 0 Å². The number of carboxylic acids is 1. The summed E-state index contributed by atoms with van der Waals surface area (Å²) in [7, 11) is -3.56. The highest BCUT2D eigenvalue weighted by Crippen LogP contribution is 2.23. The van der Waals surface area contributed by atoms with Gasteiger partial charge < -0.3 is 15.2 Å². The number of carboxylic acid groups (broad SMARTS) is 1. The van der Waals surface area contributed by atoms with Crippen molar-refractivity contribution in [2.24, 2.45) is 0 Å². The maximum atomic E-state index is 12.7. The largest absolute Gasteiger partial charge is 0.494 e. The molecule has 0 heterocycles. The zero-order valence-electron chi connectivity index (χ0n) is 17.9. The molecule has 2 aromatic rings. The molecule has 0 fully saturated rings. The Labute approximate surface area is 183 Å². The van der Waals surface area contributed by atoms with Crippen LogP contribution in [0.15, 0.2) is 47.4 Å². The van der Waals surface area contributed by atoms with Gasteiger partial charge in [-0.25, -0.2) is 13.2 Å². The summed E-state index contributed by atoms with van der Waals surface area (Å²) in [5, 5.41) is 11.9. The molecule has 2 rings (SSSR count). The van der Waals surface area contributed by atoms with E-state index >= 15 is 0 Å². The molecule has 2 N–H and O–H groups in total. The van der Waals surface area contributed by atoms with Gasteiger partial charge in [0.05, 0.1) is 22.8 Å². The van der Waals surface area contributed by atoms with E-state index in [4.69, 9.17) is 4.74 Å². The van der Waals surface area contributed by atoms with Gasteiger partial charge >= 0.3 is 5.97 Å². The van der Waals surface area contributed by atoms with E-state index in [-0.39, 0.29) is 21.7 Å². The molecule has 0 aliphatic rings. The van der Waals surface area contributed by atoms with Gasteiger partial charge in [-0.05, 0) is 42.8 Å². The summed E-state index contributed by atoms with van der Waals surface area (Å²) in [4.78, 5) is 24.1. The van der Waals surface area contributed by atoms with Crippen molar-refractivity contribution in [3.63, 3.8) is 0 Å². The first-order valence-corrected chi connectivity index (χ1v) is 12.2. The molecule has 0 saturated heterocycles. The first kappa shape index (κ1) is 24.4. The SMILES string of the molecule is CCCCCCCCOc1cccc(C(=O)Nc2cc(S(C)(=O)=O)ccc2C(=O)O)c1. The Balaban J connectivity index is 2.06. The Hall–Kier alpha value is -2.87. The second-order valence-corrected chi connectivity index (χ2v) is 9.40. The third kappa shape index (κ3) is 7.71. The monoisotopic (exact) mass is 447 g/mol. The summed E-state index contributed by atoms with van der Waals surface area (Å²) < 4.78 is 29.3. The maximum absolute atomic E-state index is 12.7. The van der Waals surface area contributed by atoms with E-state index in [0.717, 1.165) is 31.2 Å². The van der Waals surface area contributed by atoms with Crippen molar-refractivity contribution in [2.75, 3.05) is 18.2 Å². The zero-order valence-corrected chi connectivity index (χ0v) is 18.7. The molecule has 8 heteroatoms. The molecule has 0 aliphatic carbocycles. The van der Waals surface area contributed by atoms with Gasteiger partial charge in [0.15, 0.2) is 9.84 Å². The zero-order chi connectivity index (χ0) is 22.9. The number of benzene rings is 2. The minimum Gasteiger partial charge on any atom is -0.494 e. The summed E-state index contributed by atoms with van der Waals surface area (Å²) in [6.07, 6.45) is 7.89. The lowest BCUT2D eigenvalue weighted by Gasteiger charge is -2.11. The minimum atomic E-state index is -3.56. The fourth-order valence-electron chi connectivity index (χ4n) is 3.04. The molecule has 1 amide bonds. The lowest BCUT2D eigenvalue weighted by molar-refractivity contribution is 0.0698. The number of unbranched alkanes of at least 4 members (excludes halogenated alkanes) is 5. The fraction of sp³-hybridized carbons (Fsp3) is 0.391. The predicted molar refractivity (Wildman–Crippen MR) is 120 cm³/mol. The maximum Gasteiger partial charge on any atom is 0.337 e. The standard InChI is InChI=1S/C23H29NO6S/c1-3-4-5-6-7-8-14-30-18-11-9-10-17(15-18)22(25)24-21-16-19(31(2,28)29)12-13-20(21)23(26)27/h9-13,15-16H,3-8,14H2,1-2H3,(H,24,25)(H,26,27). The molecule has 0 spiro atoms. The van der Waals surface area contributed by atoms with Crippen molar-refractivity contribution in [1.29, 1.82) is 0 Å². The average Bonchev–Trinajstić information content (AvgIpc) is 2.72. The van der Waals surface area contributed by atoms with Crippen LogP contribution < -0.4 is 10.1 Å². The number of carbonyl (C=O) groups is 2. The number of ether oxygens (including phenoxy) is 1. The normalized spacial score (nSPS) is 11.2. The van der Waals surface area contributed by atoms with Gasteiger partial charge in [-0.2, -0.15) is 0 Å². The van der Waals surface area contributed by atoms with Gasteiger partial charge in [0.2, 0.25) is 0 Å². The molecular formula is C23H29NO6S. The van der Waals surface area contributed by atoms with Crippen LogP contribution in [0.25, 0.3) is 0 Å². The molecule has 0 radical (unpaired) electrons. The second-order valence-electron chi connectivity index (χ2n) is 7.38. The topological polar surface area (TPSA) is 110 Å². The van der Waals surface area contributed by atoms with Gasteiger partial charge in [-0.3, -0.25) is 4.79 Å². The Morgan fingerprint density at radius 3 is 2.39 bits per heavy atom. The highest BCUT2D eigenvalue weighted by molar-refractivity contribution is 7.90. The Morgan fingerprint density at radius 1 is 1.00 bits per heavy atom. The first-order valence-electron chi connectivity index (χ1n) is 10.3. The Morgan fingerprint density at radius 2 is 1.71 bits per heavy atom. The number of rotatable bonds is 12. The summed E-state index contributed by atoms with van der Waals surface area (Å²) in [6.45, 7) is 2.73. The lowest BCUT2D eigenvalue weighted by atomic mass is 10.1. The number of carbonyl (C=O) groups excluding carboxylic acids is 1. The van der Waals surface area contributed by atoms with E-state index in [0.29, 0.717) is 12.4 Å². The van der Waals surface area contributed by atoms with E-state index in [1.807, 2.05) is 0 Å². The molecule has 31 heavy (non-hydrogen) atoms. The smallest absolute Gasteiger partial charge is 0.337 e. The number of anilines is 1. The second kappa shape index (κ2) is 11.5. The van der Waals surface area contributed by atoms with Gasteiger partial charge in [-0.1, -0.05) is 45.1 Å². The van der Waals surface area contributed by atoms with Crippen LogP contribution in [0, 0.1) is 0 Å². The van der Waals surface area contributed by atoms with Crippen LogP contribution >= 0.6 is 0 Å². The van der Waals surface area contributed by atoms with E-state index in [1.165, 1.54) is 31.7 Å². The summed E-state index contributed by atoms with van der Waals surface area (Å²) in [6, 6.07) is 10.1. The molecule has 0 unspecified atom stereocenters. The van der Waals surface area contributed by atoms with Gasteiger partial charge in [-0.15, -0.1) is 0 Å². The number of sulfone groups is 1. The van der Waals surface area contributed by atoms with Crippen molar-refractivity contribution in [3.05, 3.63) is 53.6 Å². The van der Waals surface area contributed by atoms with Crippen molar-refractivity contribution < 1.29 is 27.9 Å². The van der Waals surface area contributed by atoms with Crippen molar-refractivity contribution >= 4 is 27.4 Å². The van der Waals surface area contributed by atoms with E-state index in [2.05, 4.69) is 12.2 Å². The van der Waals surface area contributed by atoms with Crippen molar-refractivity contribution in [2.45, 2.75) is 50.3 Å². The predicted octanol–water partition coefficient (Wildman–Crippen LogP) is 4.78. The summed E-state index contributed by atoms with van der Waals surface area (Å²) in [5.41, 5.74) is -0.00315. The molecule has 168 valence electrons. The van der Waals surface area contributed by atoms with Crippen LogP contribution in [0.5, 0.6) is 5.75 Å². The van der Waals surface area contributed by atoms with Crippen molar-refractivity contribution in [3.8, 4) is 5.75 Å². The molecule has 0 aromatic heterocycles. The van der Waals surface area contributed by atoms with Crippen LogP contribution in [0.4, 0.5) is 5.69 Å². The third-order valence-corrected chi connectivity index (χ3v) is 5.87. The van der Waals surface area contributed by atoms with Gasteiger partial charge in [0.25, 0.3) is 5.91 Å². The highest BCUT2D eigenvalue weighted by atomic mass is 32.2. The van der Waals surface area contributed by atoms with Crippen LogP contribution in [0.1, 0.15) is 66.2 Å². The number of hydrogen-bond acceptors (Lipinski definition) is 5. The number of nitrogens with one attached hydrogen (secondary N) is 1. The minimum absolute atomic E-state index is 0.0798. The van der Waals surface area contributed by atoms with Crippen LogP contribution in [-0.2, 0) is 9.84 Å². The number of aromatic carboxylic acids is 1. The Kier molecular flexibility index (Phi) is 9.05. The highest BCUT2D eigenvalue weighted by Gasteiger charge is 2.17. The number of amides is 1. The first-order chi connectivity index (χ1) is 14.7. The lowest BCUT2D eigenvalue weighted by Crippen LogP contribution is -2.15. The van der Waals surface area contributed by atoms with Crippen LogP contribution in [-0.4, -0.2) is 38.3 Å². The molecular weight excluding hydrogens is 418 g/mol. The summed E-state index contributed by atoms with van der Waals surface area (Å²) in [5.74, 6) is -1.28. The van der Waals surface area contributed by atoms with E-state index < -0.39 is 21.7 Å². The molecule has 2 aromatic carbocycles. The molecule has 0 bridgehead atoms. The quantitative estimate of drug-likeness (QED) is 0.453. The van der Waals surface area contributed by atoms with Crippen LogP contribution in [0.3, 0.4) is 0 Å².